The van der Waals surface area contributed by atoms with Crippen LogP contribution >= 0.6 is 11.6 Å². The van der Waals surface area contributed by atoms with Gasteiger partial charge in [-0.3, -0.25) is 4.79 Å². The van der Waals surface area contributed by atoms with Gasteiger partial charge in [0, 0.05) is 11.6 Å². The van der Waals surface area contributed by atoms with Crippen LogP contribution in [0.25, 0.3) is 0 Å². The van der Waals surface area contributed by atoms with Gasteiger partial charge in [-0.25, -0.2) is 0 Å². The van der Waals surface area contributed by atoms with Crippen molar-refractivity contribution in [2.75, 3.05) is 13.2 Å². The molecular formula is C19H23BClNO2. The maximum absolute atomic E-state index is 12.4. The average molecular weight is 344 g/mol. The number of rotatable bonds is 8. The van der Waals surface area contributed by atoms with Crippen molar-refractivity contribution in [2.24, 2.45) is 0 Å². The van der Waals surface area contributed by atoms with Crippen molar-refractivity contribution in [1.29, 1.82) is 0 Å². The van der Waals surface area contributed by atoms with Crippen LogP contribution < -0.4 is 15.5 Å². The molecule has 5 heteroatoms. The summed E-state index contributed by atoms with van der Waals surface area (Å²) in [7, 11) is 2.06. The van der Waals surface area contributed by atoms with E-state index in [0.29, 0.717) is 29.5 Å². The van der Waals surface area contributed by atoms with Crippen LogP contribution in [0.1, 0.15) is 35.7 Å². The van der Waals surface area contributed by atoms with Gasteiger partial charge in [0.05, 0.1) is 12.2 Å². The van der Waals surface area contributed by atoms with Crippen LogP contribution in [0.2, 0.25) is 5.02 Å². The van der Waals surface area contributed by atoms with E-state index in [1.807, 2.05) is 0 Å². The minimum absolute atomic E-state index is 0.156. The van der Waals surface area contributed by atoms with E-state index in [4.69, 9.17) is 16.3 Å². The summed E-state index contributed by atoms with van der Waals surface area (Å²) in [6.07, 6.45) is 2.79. The lowest BCUT2D eigenvalue weighted by Gasteiger charge is -2.12. The van der Waals surface area contributed by atoms with Crippen molar-refractivity contribution in [3.8, 4) is 5.75 Å². The first kappa shape index (κ1) is 18.4. The van der Waals surface area contributed by atoms with Crippen molar-refractivity contribution >= 4 is 30.8 Å². The van der Waals surface area contributed by atoms with E-state index < -0.39 is 0 Å². The summed E-state index contributed by atoms with van der Waals surface area (Å²) >= 11 is 6.03. The van der Waals surface area contributed by atoms with Gasteiger partial charge in [-0.05, 0) is 36.6 Å². The number of carbonyl (C=O) groups excluding carboxylic acids is 1. The van der Waals surface area contributed by atoms with Crippen LogP contribution in [0.3, 0.4) is 0 Å². The molecule has 126 valence electrons. The first-order valence-corrected chi connectivity index (χ1v) is 8.74. The number of hydrogen-bond acceptors (Lipinski definition) is 2. The van der Waals surface area contributed by atoms with Crippen molar-refractivity contribution in [1.82, 2.24) is 5.32 Å². The fraction of sp³-hybridized carbons (Fsp3) is 0.316. The van der Waals surface area contributed by atoms with Crippen molar-refractivity contribution in [2.45, 2.75) is 26.2 Å². The number of ether oxygens (including phenoxy) is 1. The zero-order valence-electron chi connectivity index (χ0n) is 14.3. The maximum atomic E-state index is 12.4. The third-order valence-electron chi connectivity index (χ3n) is 3.76. The Morgan fingerprint density at radius 2 is 1.96 bits per heavy atom. The number of hydrogen-bond donors (Lipinski definition) is 1. The molecule has 1 amide bonds. The first-order valence-electron chi connectivity index (χ1n) is 8.36. The molecule has 0 heterocycles. The molecule has 2 rings (SSSR count). The Balaban J connectivity index is 1.95. The monoisotopic (exact) mass is 343 g/mol. The second kappa shape index (κ2) is 9.38. The summed E-state index contributed by atoms with van der Waals surface area (Å²) in [5, 5.41) is 3.47. The SMILES string of the molecule is Bc1ccc(CCNC(=O)c2cc(Cl)ccc2OCCCC)cc1. The van der Waals surface area contributed by atoms with Gasteiger partial charge >= 0.3 is 0 Å². The Morgan fingerprint density at radius 1 is 1.21 bits per heavy atom. The van der Waals surface area contributed by atoms with Gasteiger partial charge in [0.25, 0.3) is 5.91 Å². The smallest absolute Gasteiger partial charge is 0.255 e. The van der Waals surface area contributed by atoms with Gasteiger partial charge in [-0.2, -0.15) is 0 Å². The number of nitrogens with one attached hydrogen (secondary N) is 1. The van der Waals surface area contributed by atoms with Gasteiger partial charge in [-0.15, -0.1) is 0 Å². The summed E-state index contributed by atoms with van der Waals surface area (Å²) < 4.78 is 5.71. The summed E-state index contributed by atoms with van der Waals surface area (Å²) in [6.45, 7) is 3.27. The summed E-state index contributed by atoms with van der Waals surface area (Å²) in [6, 6.07) is 13.5. The quantitative estimate of drug-likeness (QED) is 0.591. The lowest BCUT2D eigenvalue weighted by atomic mass is 9.95. The topological polar surface area (TPSA) is 38.3 Å². The highest BCUT2D eigenvalue weighted by molar-refractivity contribution is 6.32. The first-order chi connectivity index (χ1) is 11.6. The maximum Gasteiger partial charge on any atom is 0.255 e. The second-order valence-electron chi connectivity index (χ2n) is 5.83. The fourth-order valence-corrected chi connectivity index (χ4v) is 2.47. The fourth-order valence-electron chi connectivity index (χ4n) is 2.30. The molecule has 0 aliphatic rings. The molecule has 0 saturated carbocycles. The molecule has 3 nitrogen and oxygen atoms in total. The molecular weight excluding hydrogens is 320 g/mol. The van der Waals surface area contributed by atoms with E-state index in [1.165, 1.54) is 11.0 Å². The third kappa shape index (κ3) is 5.61. The molecule has 2 aromatic rings. The second-order valence-corrected chi connectivity index (χ2v) is 6.27. The minimum Gasteiger partial charge on any atom is -0.493 e. The van der Waals surface area contributed by atoms with Crippen LogP contribution in [-0.2, 0) is 6.42 Å². The number of halogens is 1. The van der Waals surface area contributed by atoms with Crippen LogP contribution in [0.15, 0.2) is 42.5 Å². The van der Waals surface area contributed by atoms with E-state index in [1.54, 1.807) is 18.2 Å². The van der Waals surface area contributed by atoms with Gasteiger partial charge in [-0.1, -0.05) is 54.7 Å². The van der Waals surface area contributed by atoms with Gasteiger partial charge in [0.2, 0.25) is 0 Å². The largest absolute Gasteiger partial charge is 0.493 e. The lowest BCUT2D eigenvalue weighted by molar-refractivity contribution is 0.0950. The number of amides is 1. The Bertz CT molecular complexity index is 674. The highest BCUT2D eigenvalue weighted by Crippen LogP contribution is 2.23. The highest BCUT2D eigenvalue weighted by atomic mass is 35.5. The van der Waals surface area contributed by atoms with E-state index in [2.05, 4.69) is 44.4 Å². The molecule has 0 bridgehead atoms. The van der Waals surface area contributed by atoms with E-state index in [9.17, 15) is 4.79 Å². The molecule has 24 heavy (non-hydrogen) atoms. The minimum atomic E-state index is -0.156. The molecule has 2 aromatic carbocycles. The predicted octanol–water partition coefficient (Wildman–Crippen LogP) is 2.75. The van der Waals surface area contributed by atoms with Crippen molar-refractivity contribution in [3.63, 3.8) is 0 Å². The van der Waals surface area contributed by atoms with E-state index in [0.717, 1.165) is 19.3 Å². The Morgan fingerprint density at radius 3 is 2.67 bits per heavy atom. The molecule has 0 spiro atoms. The molecule has 0 aliphatic carbocycles. The molecule has 0 atom stereocenters. The van der Waals surface area contributed by atoms with Gasteiger partial charge < -0.3 is 10.1 Å². The van der Waals surface area contributed by atoms with Crippen LogP contribution in [-0.4, -0.2) is 26.9 Å². The summed E-state index contributed by atoms with van der Waals surface area (Å²) in [4.78, 5) is 12.4. The van der Waals surface area contributed by atoms with Crippen LogP contribution in [0.4, 0.5) is 0 Å². The average Bonchev–Trinajstić information content (AvgIpc) is 2.58. The summed E-state index contributed by atoms with van der Waals surface area (Å²) in [5.74, 6) is 0.428. The Labute approximate surface area is 149 Å². The van der Waals surface area contributed by atoms with Crippen molar-refractivity contribution in [3.05, 3.63) is 58.6 Å². The molecule has 0 radical (unpaired) electrons. The standard InChI is InChI=1S/C19H23BClNO2/c1-2-3-12-24-18-9-8-16(21)13-17(18)19(23)22-11-10-14-4-6-15(20)7-5-14/h4-9,13H,2-3,10-12,20H2,1H3,(H,22,23). The summed E-state index contributed by atoms with van der Waals surface area (Å²) in [5.41, 5.74) is 2.92. The van der Waals surface area contributed by atoms with Gasteiger partial charge in [0.15, 0.2) is 0 Å². The molecule has 0 fully saturated rings. The normalized spacial score (nSPS) is 10.4. The molecule has 0 aliphatic heterocycles. The molecule has 0 aromatic heterocycles. The van der Waals surface area contributed by atoms with Crippen LogP contribution in [0, 0.1) is 0 Å². The zero-order valence-corrected chi connectivity index (χ0v) is 15.0. The lowest BCUT2D eigenvalue weighted by Crippen LogP contribution is -2.26. The number of benzene rings is 2. The Hall–Kier alpha value is -1.94. The molecule has 0 unspecified atom stereocenters. The zero-order chi connectivity index (χ0) is 17.4. The number of unbranched alkanes of at least 4 members (excludes halogenated alkanes) is 1. The molecule has 1 N–H and O–H groups in total. The van der Waals surface area contributed by atoms with E-state index in [-0.39, 0.29) is 5.91 Å². The third-order valence-corrected chi connectivity index (χ3v) is 4.00. The predicted molar refractivity (Wildman–Crippen MR) is 103 cm³/mol. The molecule has 0 saturated heterocycles. The van der Waals surface area contributed by atoms with Gasteiger partial charge in [0.1, 0.15) is 13.6 Å². The number of carbonyl (C=O) groups is 1. The van der Waals surface area contributed by atoms with E-state index >= 15 is 0 Å². The van der Waals surface area contributed by atoms with Crippen LogP contribution in [0.5, 0.6) is 5.75 Å². The highest BCUT2D eigenvalue weighted by Gasteiger charge is 2.13. The van der Waals surface area contributed by atoms with Crippen molar-refractivity contribution < 1.29 is 9.53 Å². The Kier molecular flexibility index (Phi) is 7.19.